The summed E-state index contributed by atoms with van der Waals surface area (Å²) in [5.74, 6) is 0. The first-order chi connectivity index (χ1) is 8.78. The molecule has 112 valence electrons. The fraction of sp³-hybridized carbons (Fsp3) is 0.385. The van der Waals surface area contributed by atoms with Gasteiger partial charge in [-0.3, -0.25) is 4.90 Å². The number of nitrogens with zero attached hydrogens (tertiary/aromatic N) is 3. The van der Waals surface area contributed by atoms with E-state index in [9.17, 15) is 0 Å². The zero-order chi connectivity index (χ0) is 12.8. The maximum Gasteiger partial charge on any atom is 0.169 e. The van der Waals surface area contributed by atoms with Gasteiger partial charge in [0, 0.05) is 24.7 Å². The second kappa shape index (κ2) is 9.90. The lowest BCUT2D eigenvalue weighted by Crippen LogP contribution is -3.07. The van der Waals surface area contributed by atoms with E-state index in [-0.39, 0.29) is 34.0 Å². The topological polar surface area (TPSA) is 44.2 Å². The van der Waals surface area contributed by atoms with Crippen LogP contribution in [0.3, 0.4) is 0 Å². The van der Waals surface area contributed by atoms with Gasteiger partial charge < -0.3 is 44.1 Å². The van der Waals surface area contributed by atoms with E-state index in [1.165, 1.54) is 11.1 Å². The Hall–Kier alpha value is -0.920. The second-order valence-corrected chi connectivity index (χ2v) is 4.61. The molecule has 0 aliphatic carbocycles. The summed E-state index contributed by atoms with van der Waals surface area (Å²) in [6.45, 7) is 3.22. The maximum absolute atomic E-state index is 8.42. The molecule has 0 amide bonds. The third-order valence-electron chi connectivity index (χ3n) is 3.06. The molecule has 0 fully saturated rings. The van der Waals surface area contributed by atoms with Crippen molar-refractivity contribution in [1.29, 1.82) is 0 Å². The van der Waals surface area contributed by atoms with Crippen molar-refractivity contribution in [2.24, 2.45) is 5.16 Å². The maximum atomic E-state index is 8.42. The quantitative estimate of drug-likeness (QED) is 0.220. The van der Waals surface area contributed by atoms with Crippen molar-refractivity contribution in [2.75, 3.05) is 20.3 Å². The lowest BCUT2D eigenvalue weighted by Gasteiger charge is -2.11. The molecule has 2 rings (SSSR count). The van der Waals surface area contributed by atoms with Crippen LogP contribution in [0.1, 0.15) is 12.0 Å². The van der Waals surface area contributed by atoms with Gasteiger partial charge in [0.05, 0.1) is 25.4 Å². The Labute approximate surface area is 140 Å². The van der Waals surface area contributed by atoms with Crippen molar-refractivity contribution in [3.63, 3.8) is 0 Å². The van der Waals surface area contributed by atoms with Gasteiger partial charge in [-0.2, -0.15) is 0 Å². The largest absolute Gasteiger partial charge is 1.00 e. The summed E-state index contributed by atoms with van der Waals surface area (Å²) in [4.78, 5) is 3.70. The first-order valence-electron chi connectivity index (χ1n) is 6.17. The summed E-state index contributed by atoms with van der Waals surface area (Å²) >= 11 is 0. The van der Waals surface area contributed by atoms with E-state index in [4.69, 9.17) is 5.21 Å². The molecule has 2 N–H and O–H groups in total. The van der Waals surface area contributed by atoms with E-state index in [0.717, 1.165) is 31.7 Å². The molecule has 1 unspecified atom stereocenters. The van der Waals surface area contributed by atoms with Gasteiger partial charge in [0.1, 0.15) is 6.20 Å². The van der Waals surface area contributed by atoms with E-state index >= 15 is 0 Å². The number of nitrogens with one attached hydrogen (secondary N) is 1. The molecule has 20 heavy (non-hydrogen) atoms. The molecule has 2 heterocycles. The van der Waals surface area contributed by atoms with E-state index < -0.39 is 0 Å². The molecule has 1 aliphatic heterocycles. The number of halogens is 2. The minimum Gasteiger partial charge on any atom is -1.00 e. The number of aromatic nitrogens is 1. The van der Waals surface area contributed by atoms with Crippen LogP contribution in [-0.2, 0) is 6.54 Å². The molecule has 1 aliphatic rings. The van der Waals surface area contributed by atoms with E-state index in [1.54, 1.807) is 0 Å². The summed E-state index contributed by atoms with van der Waals surface area (Å²) in [5, 5.41) is 11.4. The number of oxime groups is 1. The Morgan fingerprint density at radius 1 is 1.40 bits per heavy atom. The first kappa shape index (κ1) is 19.1. The first-order valence-corrected chi connectivity index (χ1v) is 6.17. The van der Waals surface area contributed by atoms with Gasteiger partial charge >= 0.3 is 0 Å². The van der Waals surface area contributed by atoms with Crippen LogP contribution in [0.2, 0.25) is 0 Å². The standard InChI is InChI=1S/C13H18N4O.2BrH/c1-15-9-10-17(12-15)6-2-5-16-7-3-13(4-8-16)11-14-18;;/h3-4,7-11H,2,5-6,12H2,1H3;2*1H. The Morgan fingerprint density at radius 2 is 2.10 bits per heavy atom. The van der Waals surface area contributed by atoms with Gasteiger partial charge in [0.15, 0.2) is 25.6 Å². The van der Waals surface area contributed by atoms with Crippen LogP contribution >= 0.6 is 0 Å². The third kappa shape index (κ3) is 6.02. The molecular formula is C13H20Br2N4O. The second-order valence-electron chi connectivity index (χ2n) is 4.61. The lowest BCUT2D eigenvalue weighted by atomic mass is 10.3. The van der Waals surface area contributed by atoms with Crippen molar-refractivity contribution in [3.8, 4) is 0 Å². The normalized spacial score (nSPS) is 17.1. The minimum absolute atomic E-state index is 0. The van der Waals surface area contributed by atoms with Crippen LogP contribution < -0.4 is 43.4 Å². The lowest BCUT2D eigenvalue weighted by molar-refractivity contribution is -0.852. The van der Waals surface area contributed by atoms with E-state index in [0.29, 0.717) is 0 Å². The summed E-state index contributed by atoms with van der Waals surface area (Å²) in [7, 11) is 2.10. The number of quaternary nitrogens is 1. The highest BCUT2D eigenvalue weighted by molar-refractivity contribution is 5.78. The smallest absolute Gasteiger partial charge is 0.169 e. The van der Waals surface area contributed by atoms with Crippen molar-refractivity contribution in [2.45, 2.75) is 13.0 Å². The monoisotopic (exact) mass is 406 g/mol. The summed E-state index contributed by atoms with van der Waals surface area (Å²) in [6.07, 6.45) is 10.9. The SMILES string of the molecule is CN1C=C[NH+](CCC[n+]2ccc(/C=N\O)cc2)C1.[Br-].[Br-]. The fourth-order valence-corrected chi connectivity index (χ4v) is 2.08. The van der Waals surface area contributed by atoms with Crippen LogP contribution in [-0.4, -0.2) is 36.6 Å². The van der Waals surface area contributed by atoms with Crippen LogP contribution in [0, 0.1) is 0 Å². The molecule has 1 aromatic rings. The summed E-state index contributed by atoms with van der Waals surface area (Å²) in [6, 6.07) is 3.88. The molecular weight excluding hydrogens is 388 g/mol. The Balaban J connectivity index is 0.00000180. The average molecular weight is 408 g/mol. The van der Waals surface area contributed by atoms with Crippen LogP contribution in [0.25, 0.3) is 0 Å². The van der Waals surface area contributed by atoms with Crippen molar-refractivity contribution >= 4 is 6.21 Å². The molecule has 1 atom stereocenters. The number of pyridine rings is 1. The molecule has 1 aromatic heterocycles. The average Bonchev–Trinajstić information content (AvgIpc) is 2.78. The number of rotatable bonds is 5. The van der Waals surface area contributed by atoms with Crippen molar-refractivity contribution in [1.82, 2.24) is 4.90 Å². The highest BCUT2D eigenvalue weighted by atomic mass is 79.9. The van der Waals surface area contributed by atoms with Gasteiger partial charge in [-0.1, -0.05) is 5.16 Å². The molecule has 0 aromatic carbocycles. The zero-order valence-corrected chi connectivity index (χ0v) is 14.6. The predicted molar refractivity (Wildman–Crippen MR) is 68.2 cm³/mol. The minimum atomic E-state index is 0. The zero-order valence-electron chi connectivity index (χ0n) is 11.4. The Bertz CT molecular complexity index is 437. The number of hydrogen-bond acceptors (Lipinski definition) is 3. The van der Waals surface area contributed by atoms with Gasteiger partial charge in [0.25, 0.3) is 0 Å². The number of aryl methyl sites for hydroxylation is 1. The Kier molecular flexibility index (Phi) is 9.45. The highest BCUT2D eigenvalue weighted by Gasteiger charge is 2.13. The highest BCUT2D eigenvalue weighted by Crippen LogP contribution is 1.90. The summed E-state index contributed by atoms with van der Waals surface area (Å²) in [5.41, 5.74) is 0.906. The van der Waals surface area contributed by atoms with Crippen LogP contribution in [0.4, 0.5) is 0 Å². The van der Waals surface area contributed by atoms with Crippen molar-refractivity contribution < 1.29 is 48.6 Å². The fourth-order valence-electron chi connectivity index (χ4n) is 2.08. The van der Waals surface area contributed by atoms with Crippen LogP contribution in [0.5, 0.6) is 0 Å². The van der Waals surface area contributed by atoms with Gasteiger partial charge in [-0.25, -0.2) is 4.57 Å². The van der Waals surface area contributed by atoms with E-state index in [1.807, 2.05) is 24.5 Å². The Morgan fingerprint density at radius 3 is 2.65 bits per heavy atom. The van der Waals surface area contributed by atoms with Gasteiger partial charge in [-0.15, -0.1) is 0 Å². The molecule has 0 saturated carbocycles. The molecule has 0 spiro atoms. The molecule has 0 saturated heterocycles. The predicted octanol–water partition coefficient (Wildman–Crippen LogP) is -6.56. The van der Waals surface area contributed by atoms with Crippen LogP contribution in [0.15, 0.2) is 42.1 Å². The molecule has 0 radical (unpaired) electrons. The molecule has 7 heteroatoms. The molecule has 0 bridgehead atoms. The van der Waals surface area contributed by atoms with Crippen molar-refractivity contribution in [3.05, 3.63) is 42.5 Å². The summed E-state index contributed by atoms with van der Waals surface area (Å²) < 4.78 is 2.15. The van der Waals surface area contributed by atoms with E-state index in [2.05, 4.69) is 34.1 Å². The molecule has 5 nitrogen and oxygen atoms in total. The third-order valence-corrected chi connectivity index (χ3v) is 3.06. The number of hydrogen-bond donors (Lipinski definition) is 2. The van der Waals surface area contributed by atoms with Gasteiger partial charge in [-0.05, 0) is 0 Å². The van der Waals surface area contributed by atoms with Gasteiger partial charge in [0.2, 0.25) is 0 Å².